The Morgan fingerprint density at radius 2 is 2.06 bits per heavy atom. The van der Waals surface area contributed by atoms with E-state index >= 15 is 0 Å². The van der Waals surface area contributed by atoms with E-state index in [1.165, 1.54) is 10.9 Å². The van der Waals surface area contributed by atoms with Crippen molar-refractivity contribution in [3.63, 3.8) is 0 Å². The van der Waals surface area contributed by atoms with Crippen molar-refractivity contribution >= 4 is 50.5 Å². The van der Waals surface area contributed by atoms with Crippen molar-refractivity contribution in [2.24, 2.45) is 0 Å². The molecule has 0 aliphatic carbocycles. The Hall–Kier alpha value is -0.0900. The zero-order valence-electron chi connectivity index (χ0n) is 8.81. The molecule has 5 heteroatoms. The average Bonchev–Trinajstić information content (AvgIpc) is 2.62. The lowest BCUT2D eigenvalue weighted by atomic mass is 10.1. The molecule has 0 aliphatic heterocycles. The van der Waals surface area contributed by atoms with Crippen LogP contribution >= 0.6 is 50.5 Å². The summed E-state index contributed by atoms with van der Waals surface area (Å²) >= 11 is 17.2. The monoisotopic (exact) mass is 352 g/mol. The van der Waals surface area contributed by atoms with E-state index in [1.54, 1.807) is 23.5 Å². The first kappa shape index (κ1) is 13.3. The summed E-state index contributed by atoms with van der Waals surface area (Å²) in [5, 5.41) is -0.205. The van der Waals surface area contributed by atoms with Crippen LogP contribution in [0.5, 0.6) is 0 Å². The summed E-state index contributed by atoms with van der Waals surface area (Å²) in [7, 11) is 0. The molecule has 1 atom stereocenters. The first-order valence-corrected chi connectivity index (χ1v) is 7.26. The van der Waals surface area contributed by atoms with E-state index in [-0.39, 0.29) is 10.4 Å². The first-order valence-electron chi connectivity index (χ1n) is 4.84. The summed E-state index contributed by atoms with van der Waals surface area (Å²) in [5.74, 6) is -0.428. The largest absolute Gasteiger partial charge is 0.205 e. The molecular formula is C12H8BrCl2FS. The Kier molecular flexibility index (Phi) is 4.14. The number of hydrogen-bond donors (Lipinski definition) is 0. The zero-order chi connectivity index (χ0) is 12.6. The third kappa shape index (κ3) is 2.84. The SMILES string of the molecule is Cc1sc(C(Cl)c2ccc(F)c(Cl)c2)cc1Br. The van der Waals surface area contributed by atoms with E-state index in [9.17, 15) is 4.39 Å². The summed E-state index contributed by atoms with van der Waals surface area (Å²) in [6.45, 7) is 2.01. The van der Waals surface area contributed by atoms with Crippen molar-refractivity contribution in [1.29, 1.82) is 0 Å². The van der Waals surface area contributed by atoms with Crippen molar-refractivity contribution in [2.45, 2.75) is 12.3 Å². The Balaban J connectivity index is 2.36. The zero-order valence-corrected chi connectivity index (χ0v) is 12.7. The molecule has 0 nitrogen and oxygen atoms in total. The molecule has 2 rings (SSSR count). The Labute approximate surface area is 121 Å². The van der Waals surface area contributed by atoms with Gasteiger partial charge in [0.15, 0.2) is 0 Å². The van der Waals surface area contributed by atoms with Crippen molar-refractivity contribution in [1.82, 2.24) is 0 Å². The molecule has 1 aromatic heterocycles. The number of hydrogen-bond acceptors (Lipinski definition) is 1. The Bertz CT molecular complexity index is 534. The average molecular weight is 354 g/mol. The van der Waals surface area contributed by atoms with E-state index in [4.69, 9.17) is 23.2 Å². The summed E-state index contributed by atoms with van der Waals surface area (Å²) < 4.78 is 14.1. The van der Waals surface area contributed by atoms with Crippen LogP contribution in [-0.2, 0) is 0 Å². The second-order valence-electron chi connectivity index (χ2n) is 3.59. The van der Waals surface area contributed by atoms with Crippen LogP contribution < -0.4 is 0 Å². The number of thiophene rings is 1. The third-order valence-electron chi connectivity index (χ3n) is 2.36. The number of halogens is 4. The van der Waals surface area contributed by atoms with Crippen molar-refractivity contribution < 1.29 is 4.39 Å². The molecule has 2 aromatic rings. The lowest BCUT2D eigenvalue weighted by molar-refractivity contribution is 0.627. The molecule has 17 heavy (non-hydrogen) atoms. The van der Waals surface area contributed by atoms with E-state index in [0.717, 1.165) is 14.9 Å². The fourth-order valence-electron chi connectivity index (χ4n) is 1.44. The molecule has 0 radical (unpaired) electrons. The minimum atomic E-state index is -0.428. The molecule has 0 amide bonds. The van der Waals surface area contributed by atoms with Crippen LogP contribution in [-0.4, -0.2) is 0 Å². The van der Waals surface area contributed by atoms with Crippen molar-refractivity contribution in [3.8, 4) is 0 Å². The van der Waals surface area contributed by atoms with E-state index in [1.807, 2.05) is 13.0 Å². The van der Waals surface area contributed by atoms with Crippen LogP contribution in [0.1, 0.15) is 20.7 Å². The van der Waals surface area contributed by atoms with Crippen LogP contribution in [0, 0.1) is 12.7 Å². The smallest absolute Gasteiger partial charge is 0.141 e. The molecule has 0 bridgehead atoms. The van der Waals surface area contributed by atoms with Crippen molar-refractivity contribution in [3.05, 3.63) is 54.9 Å². The molecule has 0 aliphatic rings. The molecule has 90 valence electrons. The minimum absolute atomic E-state index is 0.0977. The Morgan fingerprint density at radius 3 is 2.59 bits per heavy atom. The van der Waals surface area contributed by atoms with Gasteiger partial charge in [-0.15, -0.1) is 22.9 Å². The fraction of sp³-hybridized carbons (Fsp3) is 0.167. The van der Waals surface area contributed by atoms with Crippen molar-refractivity contribution in [2.75, 3.05) is 0 Å². The van der Waals surface area contributed by atoms with Crippen LogP contribution in [0.3, 0.4) is 0 Å². The molecule has 0 saturated carbocycles. The first-order chi connectivity index (χ1) is 7.99. The van der Waals surface area contributed by atoms with Gasteiger partial charge in [-0.05, 0) is 46.6 Å². The van der Waals surface area contributed by atoms with Gasteiger partial charge in [-0.2, -0.15) is 0 Å². The van der Waals surface area contributed by atoms with Gasteiger partial charge in [-0.1, -0.05) is 17.7 Å². The van der Waals surface area contributed by atoms with Gasteiger partial charge in [0.1, 0.15) is 5.82 Å². The highest BCUT2D eigenvalue weighted by molar-refractivity contribution is 9.10. The second-order valence-corrected chi connectivity index (χ2v) is 6.57. The minimum Gasteiger partial charge on any atom is -0.205 e. The van der Waals surface area contributed by atoms with Crippen LogP contribution in [0.15, 0.2) is 28.7 Å². The number of rotatable bonds is 2. The van der Waals surface area contributed by atoms with Gasteiger partial charge in [-0.3, -0.25) is 0 Å². The fourth-order valence-corrected chi connectivity index (χ4v) is 3.53. The van der Waals surface area contributed by atoms with Gasteiger partial charge in [0.05, 0.1) is 10.4 Å². The molecule has 0 spiro atoms. The van der Waals surface area contributed by atoms with Gasteiger partial charge in [0.25, 0.3) is 0 Å². The van der Waals surface area contributed by atoms with E-state index < -0.39 is 5.82 Å². The third-order valence-corrected chi connectivity index (χ3v) is 5.47. The summed E-state index contributed by atoms with van der Waals surface area (Å²) in [5.41, 5.74) is 0.798. The molecule has 1 unspecified atom stereocenters. The second kappa shape index (κ2) is 5.27. The highest BCUT2D eigenvalue weighted by atomic mass is 79.9. The standard InChI is InChI=1S/C12H8BrCl2FS/c1-6-8(13)5-11(17-6)12(15)7-2-3-10(16)9(14)4-7/h2-5,12H,1H3. The molecule has 0 saturated heterocycles. The van der Waals surface area contributed by atoms with E-state index in [2.05, 4.69) is 15.9 Å². The number of benzene rings is 1. The van der Waals surface area contributed by atoms with E-state index in [0.29, 0.717) is 0 Å². The number of alkyl halides is 1. The number of aryl methyl sites for hydroxylation is 1. The quantitative estimate of drug-likeness (QED) is 0.586. The lowest BCUT2D eigenvalue weighted by Crippen LogP contribution is -1.91. The predicted molar refractivity (Wildman–Crippen MR) is 75.9 cm³/mol. The van der Waals surface area contributed by atoms with Crippen LogP contribution in [0.25, 0.3) is 0 Å². The highest BCUT2D eigenvalue weighted by Crippen LogP contribution is 2.38. The van der Waals surface area contributed by atoms with Crippen LogP contribution in [0.4, 0.5) is 4.39 Å². The maximum Gasteiger partial charge on any atom is 0.141 e. The maximum absolute atomic E-state index is 13.1. The Morgan fingerprint density at radius 1 is 1.35 bits per heavy atom. The molecule has 0 N–H and O–H groups in total. The van der Waals surface area contributed by atoms with Gasteiger partial charge < -0.3 is 0 Å². The van der Waals surface area contributed by atoms with Gasteiger partial charge in [0.2, 0.25) is 0 Å². The van der Waals surface area contributed by atoms with Crippen LogP contribution in [0.2, 0.25) is 5.02 Å². The topological polar surface area (TPSA) is 0 Å². The summed E-state index contributed by atoms with van der Waals surface area (Å²) in [6, 6.07) is 6.54. The van der Waals surface area contributed by atoms with Gasteiger partial charge in [-0.25, -0.2) is 4.39 Å². The molecule has 0 fully saturated rings. The summed E-state index contributed by atoms with van der Waals surface area (Å²) in [6.07, 6.45) is 0. The normalized spacial score (nSPS) is 12.8. The molecular weight excluding hydrogens is 346 g/mol. The highest BCUT2D eigenvalue weighted by Gasteiger charge is 2.16. The molecule has 1 heterocycles. The lowest BCUT2D eigenvalue weighted by Gasteiger charge is -2.08. The van der Waals surface area contributed by atoms with Gasteiger partial charge in [0, 0.05) is 14.2 Å². The van der Waals surface area contributed by atoms with Gasteiger partial charge >= 0.3 is 0 Å². The molecule has 1 aromatic carbocycles. The predicted octanol–water partition coefficient (Wildman–Crippen LogP) is 5.94. The maximum atomic E-state index is 13.1. The summed E-state index contributed by atoms with van der Waals surface area (Å²) in [4.78, 5) is 2.18.